The van der Waals surface area contributed by atoms with E-state index in [9.17, 15) is 9.00 Å². The first-order valence-electron chi connectivity index (χ1n) is 5.39. The van der Waals surface area contributed by atoms with Crippen LogP contribution in [0.15, 0.2) is 34.3 Å². The molecule has 1 unspecified atom stereocenters. The molecule has 0 spiro atoms. The van der Waals surface area contributed by atoms with Crippen molar-refractivity contribution in [3.63, 3.8) is 0 Å². The predicted molar refractivity (Wildman–Crippen MR) is 68.4 cm³/mol. The molecule has 1 rings (SSSR count). The summed E-state index contributed by atoms with van der Waals surface area (Å²) >= 11 is -1.88. The first-order valence-corrected chi connectivity index (χ1v) is 6.47. The summed E-state index contributed by atoms with van der Waals surface area (Å²) in [7, 11) is 0. The van der Waals surface area contributed by atoms with Crippen molar-refractivity contribution < 1.29 is 18.0 Å². The standard InChI is InChI=1S/C12H12N2O4S/c1-3-17-12(15)11(8-13)14-18-19(16)10-6-4-9(2)5-7-10/h4-7H,3H2,1-2H3/b14-11+. The number of benzene rings is 1. The van der Waals surface area contributed by atoms with Crippen molar-refractivity contribution in [3.05, 3.63) is 29.8 Å². The number of nitriles is 1. The summed E-state index contributed by atoms with van der Waals surface area (Å²) in [4.78, 5) is 11.6. The van der Waals surface area contributed by atoms with Gasteiger partial charge in [-0.25, -0.2) is 9.00 Å². The molecular formula is C12H12N2O4S. The third-order valence-corrected chi connectivity index (χ3v) is 2.85. The molecule has 19 heavy (non-hydrogen) atoms. The van der Waals surface area contributed by atoms with Crippen LogP contribution in [0.3, 0.4) is 0 Å². The lowest BCUT2D eigenvalue weighted by Crippen LogP contribution is -2.16. The highest BCUT2D eigenvalue weighted by Gasteiger charge is 2.14. The molecule has 0 saturated carbocycles. The number of esters is 1. The fraction of sp³-hybridized carbons (Fsp3) is 0.250. The second-order valence-corrected chi connectivity index (χ2v) is 4.48. The van der Waals surface area contributed by atoms with Gasteiger partial charge in [-0.1, -0.05) is 17.7 Å². The maximum Gasteiger partial charge on any atom is 0.371 e. The van der Waals surface area contributed by atoms with Crippen LogP contribution in [-0.2, 0) is 24.9 Å². The topological polar surface area (TPSA) is 88.8 Å². The van der Waals surface area contributed by atoms with Gasteiger partial charge >= 0.3 is 5.97 Å². The van der Waals surface area contributed by atoms with Crippen LogP contribution in [0, 0.1) is 18.3 Å². The van der Waals surface area contributed by atoms with Gasteiger partial charge in [-0.05, 0) is 31.1 Å². The highest BCUT2D eigenvalue weighted by Crippen LogP contribution is 2.09. The van der Waals surface area contributed by atoms with Crippen LogP contribution < -0.4 is 0 Å². The van der Waals surface area contributed by atoms with Gasteiger partial charge in [-0.2, -0.15) is 5.26 Å². The van der Waals surface area contributed by atoms with Crippen molar-refractivity contribution in [1.82, 2.24) is 0 Å². The Labute approximate surface area is 113 Å². The highest BCUT2D eigenvalue weighted by atomic mass is 32.2. The molecule has 0 aliphatic heterocycles. The summed E-state index contributed by atoms with van der Waals surface area (Å²) < 4.78 is 20.9. The molecule has 0 radical (unpaired) electrons. The van der Waals surface area contributed by atoms with Crippen molar-refractivity contribution in [2.24, 2.45) is 5.16 Å². The van der Waals surface area contributed by atoms with Gasteiger partial charge < -0.3 is 4.74 Å². The molecule has 1 atom stereocenters. The van der Waals surface area contributed by atoms with Crippen LogP contribution in [0.5, 0.6) is 0 Å². The molecule has 7 heteroatoms. The van der Waals surface area contributed by atoms with Crippen LogP contribution in [0.2, 0.25) is 0 Å². The summed E-state index contributed by atoms with van der Waals surface area (Å²) in [5, 5.41) is 11.9. The van der Waals surface area contributed by atoms with E-state index < -0.39 is 22.8 Å². The Kier molecular flexibility index (Phi) is 5.70. The number of oxime groups is 1. The van der Waals surface area contributed by atoms with E-state index >= 15 is 0 Å². The lowest BCUT2D eigenvalue weighted by atomic mass is 10.2. The van der Waals surface area contributed by atoms with E-state index in [0.717, 1.165) is 5.56 Å². The molecule has 0 amide bonds. The summed E-state index contributed by atoms with van der Waals surface area (Å²) in [6.45, 7) is 3.60. The third kappa shape index (κ3) is 4.52. The summed E-state index contributed by atoms with van der Waals surface area (Å²) in [6, 6.07) is 8.26. The molecule has 0 heterocycles. The zero-order chi connectivity index (χ0) is 14.3. The Bertz CT molecular complexity index is 546. The number of aryl methyl sites for hydroxylation is 1. The minimum atomic E-state index is -1.88. The van der Waals surface area contributed by atoms with E-state index in [-0.39, 0.29) is 6.61 Å². The third-order valence-electron chi connectivity index (χ3n) is 1.98. The Morgan fingerprint density at radius 2 is 2.05 bits per heavy atom. The van der Waals surface area contributed by atoms with Crippen LogP contribution in [0.25, 0.3) is 0 Å². The Hall–Kier alpha value is -2.20. The molecule has 1 aromatic rings. The van der Waals surface area contributed by atoms with Gasteiger partial charge in [0.25, 0.3) is 16.8 Å². The van der Waals surface area contributed by atoms with E-state index in [0.29, 0.717) is 4.90 Å². The summed E-state index contributed by atoms with van der Waals surface area (Å²) in [5.74, 6) is -0.911. The van der Waals surface area contributed by atoms with Crippen molar-refractivity contribution >= 4 is 22.8 Å². The van der Waals surface area contributed by atoms with E-state index in [1.807, 2.05) is 6.92 Å². The SMILES string of the molecule is CCOC(=O)/C(C#N)=N/OS(=O)c1ccc(C)cc1. The Morgan fingerprint density at radius 3 is 2.58 bits per heavy atom. The van der Waals surface area contributed by atoms with Crippen LogP contribution in [-0.4, -0.2) is 22.5 Å². The van der Waals surface area contributed by atoms with Crippen molar-refractivity contribution in [2.75, 3.05) is 6.61 Å². The average Bonchev–Trinajstić information content (AvgIpc) is 2.40. The fourth-order valence-electron chi connectivity index (χ4n) is 1.07. The number of rotatable bonds is 5. The fourth-order valence-corrected chi connectivity index (χ4v) is 1.65. The van der Waals surface area contributed by atoms with Gasteiger partial charge in [0.1, 0.15) is 6.07 Å². The zero-order valence-electron chi connectivity index (χ0n) is 10.5. The molecule has 0 saturated heterocycles. The van der Waals surface area contributed by atoms with Gasteiger partial charge in [0.15, 0.2) is 0 Å². The van der Waals surface area contributed by atoms with Crippen LogP contribution >= 0.6 is 0 Å². The maximum atomic E-state index is 11.7. The molecular weight excluding hydrogens is 268 g/mol. The van der Waals surface area contributed by atoms with E-state index in [2.05, 4.69) is 14.2 Å². The molecule has 1 aromatic carbocycles. The number of hydrogen-bond acceptors (Lipinski definition) is 6. The Morgan fingerprint density at radius 1 is 1.42 bits per heavy atom. The van der Waals surface area contributed by atoms with E-state index in [4.69, 9.17) is 5.26 Å². The number of nitrogens with zero attached hydrogens (tertiary/aromatic N) is 2. The molecule has 0 aliphatic carbocycles. The average molecular weight is 280 g/mol. The zero-order valence-corrected chi connectivity index (χ0v) is 11.3. The molecule has 0 aliphatic rings. The maximum absolute atomic E-state index is 11.7. The second-order valence-electron chi connectivity index (χ2n) is 3.39. The minimum absolute atomic E-state index is 0.112. The van der Waals surface area contributed by atoms with E-state index in [1.165, 1.54) is 6.07 Å². The first kappa shape index (κ1) is 14.9. The van der Waals surface area contributed by atoms with Crippen LogP contribution in [0.4, 0.5) is 0 Å². The first-order chi connectivity index (χ1) is 9.08. The van der Waals surface area contributed by atoms with Crippen molar-refractivity contribution in [3.8, 4) is 6.07 Å². The molecule has 0 bridgehead atoms. The van der Waals surface area contributed by atoms with Gasteiger partial charge in [0.05, 0.1) is 11.5 Å². The van der Waals surface area contributed by atoms with Crippen molar-refractivity contribution in [1.29, 1.82) is 5.26 Å². The van der Waals surface area contributed by atoms with Gasteiger partial charge in [-0.3, -0.25) is 4.28 Å². The van der Waals surface area contributed by atoms with Crippen LogP contribution in [0.1, 0.15) is 12.5 Å². The number of carbonyl (C=O) groups excluding carboxylic acids is 1. The normalized spacial score (nSPS) is 12.4. The number of ether oxygens (including phenoxy) is 1. The van der Waals surface area contributed by atoms with E-state index in [1.54, 1.807) is 31.2 Å². The van der Waals surface area contributed by atoms with Gasteiger partial charge in [0.2, 0.25) is 0 Å². The molecule has 100 valence electrons. The smallest absolute Gasteiger partial charge is 0.371 e. The molecule has 6 nitrogen and oxygen atoms in total. The monoisotopic (exact) mass is 280 g/mol. The highest BCUT2D eigenvalue weighted by molar-refractivity contribution is 7.80. The molecule has 0 N–H and O–H groups in total. The Balaban J connectivity index is 2.74. The van der Waals surface area contributed by atoms with Gasteiger partial charge in [0, 0.05) is 0 Å². The lowest BCUT2D eigenvalue weighted by Gasteiger charge is -2.00. The largest absolute Gasteiger partial charge is 0.461 e. The molecule has 0 fully saturated rings. The lowest BCUT2D eigenvalue weighted by molar-refractivity contribution is -0.135. The minimum Gasteiger partial charge on any atom is -0.461 e. The summed E-state index contributed by atoms with van der Waals surface area (Å²) in [5.41, 5.74) is 0.427. The summed E-state index contributed by atoms with van der Waals surface area (Å²) in [6.07, 6.45) is 0. The number of carbonyl (C=O) groups is 1. The quantitative estimate of drug-likeness (QED) is 0.463. The second kappa shape index (κ2) is 7.28. The molecule has 0 aromatic heterocycles. The van der Waals surface area contributed by atoms with Gasteiger partial charge in [-0.15, -0.1) is 0 Å². The van der Waals surface area contributed by atoms with Crippen molar-refractivity contribution in [2.45, 2.75) is 18.7 Å². The predicted octanol–water partition coefficient (Wildman–Crippen LogP) is 1.48. The number of hydrogen-bond donors (Lipinski definition) is 0.